The van der Waals surface area contributed by atoms with Gasteiger partial charge in [-0.25, -0.2) is 8.42 Å². The van der Waals surface area contributed by atoms with E-state index in [0.717, 1.165) is 11.1 Å². The van der Waals surface area contributed by atoms with Crippen LogP contribution in [0.3, 0.4) is 0 Å². The number of nitrogens with one attached hydrogen (secondary N) is 1. The first-order valence-electron chi connectivity index (χ1n) is 10.2. The number of hydrogen-bond acceptors (Lipinski definition) is 5. The summed E-state index contributed by atoms with van der Waals surface area (Å²) in [6, 6.07) is 21.2. The minimum absolute atomic E-state index is 0.134. The van der Waals surface area contributed by atoms with E-state index in [1.165, 1.54) is 4.31 Å². The smallest absolute Gasteiger partial charge is 0.243 e. The summed E-state index contributed by atoms with van der Waals surface area (Å²) in [5.41, 5.74) is 2.46. The minimum atomic E-state index is -3.86. The number of fused-ring (bicyclic) bond motifs is 1. The zero-order chi connectivity index (χ0) is 22.6. The Morgan fingerprint density at radius 2 is 1.69 bits per heavy atom. The molecule has 3 aromatic rings. The molecule has 1 aliphatic heterocycles. The molecular formula is C24H24N2O5S. The summed E-state index contributed by atoms with van der Waals surface area (Å²) in [6.07, 6.45) is 0.489. The van der Waals surface area contributed by atoms with E-state index in [0.29, 0.717) is 23.6 Å². The molecule has 4 rings (SSSR count). The largest absolute Gasteiger partial charge is 0.454 e. The lowest BCUT2D eigenvalue weighted by atomic mass is 10.1. The number of ether oxygens (including phenoxy) is 2. The van der Waals surface area contributed by atoms with E-state index in [9.17, 15) is 13.2 Å². The SMILES string of the molecule is Cc1ccc(S(=O)(=O)N(CCc2ccccc2)CC(=O)Nc2ccc3c(c2)OCO3)cc1. The Bertz CT molecular complexity index is 1190. The molecular weight excluding hydrogens is 428 g/mol. The van der Waals surface area contributed by atoms with Gasteiger partial charge in [-0.15, -0.1) is 0 Å². The van der Waals surface area contributed by atoms with Gasteiger partial charge in [0.1, 0.15) is 0 Å². The summed E-state index contributed by atoms with van der Waals surface area (Å²) in [7, 11) is -3.86. The normalized spacial score (nSPS) is 12.7. The molecule has 8 heteroatoms. The number of sulfonamides is 1. The van der Waals surface area contributed by atoms with Gasteiger partial charge in [0.2, 0.25) is 22.7 Å². The third-order valence-corrected chi connectivity index (χ3v) is 6.99. The molecule has 0 aromatic heterocycles. The molecule has 7 nitrogen and oxygen atoms in total. The van der Waals surface area contributed by atoms with Gasteiger partial charge in [0.05, 0.1) is 11.4 Å². The van der Waals surface area contributed by atoms with Crippen LogP contribution in [0.25, 0.3) is 0 Å². The molecule has 0 atom stereocenters. The first kappa shape index (κ1) is 21.9. The quantitative estimate of drug-likeness (QED) is 0.565. The van der Waals surface area contributed by atoms with Crippen molar-refractivity contribution in [2.24, 2.45) is 0 Å². The van der Waals surface area contributed by atoms with Crippen LogP contribution in [0.5, 0.6) is 11.5 Å². The molecule has 1 heterocycles. The third kappa shape index (κ3) is 5.09. The summed E-state index contributed by atoms with van der Waals surface area (Å²) in [5.74, 6) is 0.707. The summed E-state index contributed by atoms with van der Waals surface area (Å²) in [5, 5.41) is 2.75. The number of rotatable bonds is 8. The number of benzene rings is 3. The maximum absolute atomic E-state index is 13.3. The van der Waals surface area contributed by atoms with Gasteiger partial charge in [-0.1, -0.05) is 48.0 Å². The molecule has 0 aliphatic carbocycles. The highest BCUT2D eigenvalue weighted by Gasteiger charge is 2.27. The van der Waals surface area contributed by atoms with Crippen LogP contribution in [0.2, 0.25) is 0 Å². The molecule has 0 saturated heterocycles. The van der Waals surface area contributed by atoms with Crippen LogP contribution in [0.1, 0.15) is 11.1 Å². The maximum Gasteiger partial charge on any atom is 0.243 e. The highest BCUT2D eigenvalue weighted by atomic mass is 32.2. The summed E-state index contributed by atoms with van der Waals surface area (Å²) < 4.78 is 38.5. The fourth-order valence-electron chi connectivity index (χ4n) is 3.38. The molecule has 0 fully saturated rings. The van der Waals surface area contributed by atoms with Crippen molar-refractivity contribution in [3.05, 3.63) is 83.9 Å². The average Bonchev–Trinajstić information content (AvgIpc) is 3.25. The van der Waals surface area contributed by atoms with E-state index in [1.807, 2.05) is 37.3 Å². The first-order valence-corrected chi connectivity index (χ1v) is 11.7. The molecule has 1 amide bonds. The molecule has 32 heavy (non-hydrogen) atoms. The van der Waals surface area contributed by atoms with Crippen LogP contribution in [0.15, 0.2) is 77.7 Å². The highest BCUT2D eigenvalue weighted by Crippen LogP contribution is 2.34. The van der Waals surface area contributed by atoms with Crippen LogP contribution in [0, 0.1) is 6.92 Å². The number of carbonyl (C=O) groups is 1. The Labute approximate surface area is 187 Å². The van der Waals surface area contributed by atoms with E-state index >= 15 is 0 Å². The van der Waals surface area contributed by atoms with E-state index in [1.54, 1.807) is 42.5 Å². The number of aryl methyl sites for hydroxylation is 1. The van der Waals surface area contributed by atoms with Gasteiger partial charge < -0.3 is 14.8 Å². The lowest BCUT2D eigenvalue weighted by molar-refractivity contribution is -0.116. The van der Waals surface area contributed by atoms with Crippen LogP contribution in [0.4, 0.5) is 5.69 Å². The van der Waals surface area contributed by atoms with E-state index in [4.69, 9.17) is 9.47 Å². The maximum atomic E-state index is 13.3. The van der Waals surface area contributed by atoms with Crippen molar-refractivity contribution in [3.63, 3.8) is 0 Å². The molecule has 1 N–H and O–H groups in total. The number of nitrogens with zero attached hydrogens (tertiary/aromatic N) is 1. The topological polar surface area (TPSA) is 84.9 Å². The van der Waals surface area contributed by atoms with Gasteiger partial charge in [-0.2, -0.15) is 4.31 Å². The summed E-state index contributed by atoms with van der Waals surface area (Å²) in [6.45, 7) is 1.89. The molecule has 0 radical (unpaired) electrons. The number of anilines is 1. The number of amides is 1. The van der Waals surface area contributed by atoms with E-state index in [-0.39, 0.29) is 24.8 Å². The van der Waals surface area contributed by atoms with Crippen molar-refractivity contribution in [2.45, 2.75) is 18.2 Å². The van der Waals surface area contributed by atoms with E-state index in [2.05, 4.69) is 5.32 Å². The second kappa shape index (κ2) is 9.42. The van der Waals surface area contributed by atoms with Gasteiger partial charge in [-0.05, 0) is 43.2 Å². The van der Waals surface area contributed by atoms with Gasteiger partial charge in [0.15, 0.2) is 11.5 Å². The Kier molecular flexibility index (Phi) is 6.43. The lowest BCUT2D eigenvalue weighted by Crippen LogP contribution is -2.39. The predicted octanol–water partition coefficient (Wildman–Crippen LogP) is 3.60. The Morgan fingerprint density at radius 3 is 2.44 bits per heavy atom. The van der Waals surface area contributed by atoms with Crippen molar-refractivity contribution >= 4 is 21.6 Å². The van der Waals surface area contributed by atoms with E-state index < -0.39 is 15.9 Å². The minimum Gasteiger partial charge on any atom is -0.454 e. The van der Waals surface area contributed by atoms with Crippen molar-refractivity contribution in [1.29, 1.82) is 0 Å². The van der Waals surface area contributed by atoms with Gasteiger partial charge in [-0.3, -0.25) is 4.79 Å². The zero-order valence-corrected chi connectivity index (χ0v) is 18.5. The second-order valence-electron chi connectivity index (χ2n) is 7.50. The van der Waals surface area contributed by atoms with Crippen molar-refractivity contribution in [3.8, 4) is 11.5 Å². The van der Waals surface area contributed by atoms with Crippen LogP contribution in [-0.2, 0) is 21.2 Å². The molecule has 1 aliphatic rings. The fourth-order valence-corrected chi connectivity index (χ4v) is 4.77. The average molecular weight is 453 g/mol. The summed E-state index contributed by atoms with van der Waals surface area (Å²) >= 11 is 0. The Balaban J connectivity index is 1.52. The first-order chi connectivity index (χ1) is 15.4. The van der Waals surface area contributed by atoms with Gasteiger partial charge >= 0.3 is 0 Å². The number of carbonyl (C=O) groups excluding carboxylic acids is 1. The predicted molar refractivity (Wildman–Crippen MR) is 121 cm³/mol. The van der Waals surface area contributed by atoms with Crippen LogP contribution >= 0.6 is 0 Å². The number of hydrogen-bond donors (Lipinski definition) is 1. The van der Waals surface area contributed by atoms with Crippen molar-refractivity contribution in [2.75, 3.05) is 25.2 Å². The fraction of sp³-hybridized carbons (Fsp3) is 0.208. The second-order valence-corrected chi connectivity index (χ2v) is 9.44. The van der Waals surface area contributed by atoms with Crippen molar-refractivity contribution in [1.82, 2.24) is 4.31 Å². The Hall–Kier alpha value is -3.36. The molecule has 3 aromatic carbocycles. The molecule has 0 unspecified atom stereocenters. The van der Waals surface area contributed by atoms with Crippen LogP contribution in [-0.4, -0.2) is 38.5 Å². The monoisotopic (exact) mass is 452 g/mol. The Morgan fingerprint density at radius 1 is 0.969 bits per heavy atom. The van der Waals surface area contributed by atoms with Crippen molar-refractivity contribution < 1.29 is 22.7 Å². The van der Waals surface area contributed by atoms with Gasteiger partial charge in [0, 0.05) is 18.3 Å². The van der Waals surface area contributed by atoms with Crippen LogP contribution < -0.4 is 14.8 Å². The molecule has 0 bridgehead atoms. The standard InChI is InChI=1S/C24H24N2O5S/c1-18-7-10-21(11-8-18)32(28,29)26(14-13-19-5-3-2-4-6-19)16-24(27)25-20-9-12-22-23(15-20)31-17-30-22/h2-12,15H,13-14,16-17H2,1H3,(H,25,27). The molecule has 0 spiro atoms. The molecule has 0 saturated carbocycles. The zero-order valence-electron chi connectivity index (χ0n) is 17.7. The lowest BCUT2D eigenvalue weighted by Gasteiger charge is -2.22. The van der Waals surface area contributed by atoms with Gasteiger partial charge in [0.25, 0.3) is 0 Å². The highest BCUT2D eigenvalue weighted by molar-refractivity contribution is 7.89. The molecule has 166 valence electrons. The third-order valence-electron chi connectivity index (χ3n) is 5.13. The summed E-state index contributed by atoms with van der Waals surface area (Å²) in [4.78, 5) is 12.9.